The van der Waals surface area contributed by atoms with Crippen LogP contribution >= 0.6 is 0 Å². The predicted octanol–water partition coefficient (Wildman–Crippen LogP) is 2.49. The summed E-state index contributed by atoms with van der Waals surface area (Å²) in [5, 5.41) is 0. The summed E-state index contributed by atoms with van der Waals surface area (Å²) >= 11 is 0. The number of aldehydes is 1. The molecule has 15 heavy (non-hydrogen) atoms. The van der Waals surface area contributed by atoms with Crippen LogP contribution < -0.4 is 0 Å². The Balaban J connectivity index is 1.84. The minimum atomic E-state index is -0.136. The Kier molecular flexibility index (Phi) is 2.87. The molecule has 80 valence electrons. The van der Waals surface area contributed by atoms with Crippen LogP contribution in [0.1, 0.15) is 24.0 Å². The molecule has 0 saturated heterocycles. The second-order valence-corrected chi connectivity index (χ2v) is 4.40. The predicted molar refractivity (Wildman–Crippen MR) is 58.6 cm³/mol. The first kappa shape index (κ1) is 10.4. The molecule has 2 rings (SSSR count). The van der Waals surface area contributed by atoms with E-state index in [2.05, 4.69) is 19.1 Å². The number of hydrogen-bond donors (Lipinski definition) is 0. The van der Waals surface area contributed by atoms with Crippen molar-refractivity contribution in [3.8, 4) is 0 Å². The molecule has 0 radical (unpaired) electrons. The number of ether oxygens (including phenoxy) is 1. The first-order valence-corrected chi connectivity index (χ1v) is 5.34. The third-order valence-corrected chi connectivity index (χ3v) is 3.05. The molecule has 1 aromatic carbocycles. The molecule has 0 unspecified atom stereocenters. The van der Waals surface area contributed by atoms with Crippen LogP contribution in [0.5, 0.6) is 0 Å². The van der Waals surface area contributed by atoms with Gasteiger partial charge in [-0.15, -0.1) is 0 Å². The maximum atomic E-state index is 10.7. The van der Waals surface area contributed by atoms with Crippen LogP contribution in [0, 0.1) is 12.3 Å². The second kappa shape index (κ2) is 4.15. The maximum absolute atomic E-state index is 10.7. The van der Waals surface area contributed by atoms with E-state index in [1.54, 1.807) is 0 Å². The van der Waals surface area contributed by atoms with E-state index in [0.29, 0.717) is 13.2 Å². The van der Waals surface area contributed by atoms with Crippen LogP contribution in [0.15, 0.2) is 24.3 Å². The van der Waals surface area contributed by atoms with E-state index in [4.69, 9.17) is 4.74 Å². The molecule has 0 bridgehead atoms. The van der Waals surface area contributed by atoms with Crippen molar-refractivity contribution in [2.45, 2.75) is 26.4 Å². The molecule has 1 aromatic rings. The summed E-state index contributed by atoms with van der Waals surface area (Å²) in [7, 11) is 0. The Morgan fingerprint density at radius 1 is 1.40 bits per heavy atom. The number of aryl methyl sites for hydroxylation is 1. The zero-order valence-electron chi connectivity index (χ0n) is 9.03. The lowest BCUT2D eigenvalue weighted by atomic mass is 10.1. The van der Waals surface area contributed by atoms with Crippen LogP contribution in [-0.2, 0) is 16.1 Å². The zero-order chi connectivity index (χ0) is 10.7. The van der Waals surface area contributed by atoms with Crippen molar-refractivity contribution >= 4 is 6.29 Å². The minimum Gasteiger partial charge on any atom is -0.376 e. The summed E-state index contributed by atoms with van der Waals surface area (Å²) in [5.74, 6) is 0. The van der Waals surface area contributed by atoms with Gasteiger partial charge in [0.15, 0.2) is 0 Å². The molecule has 0 aromatic heterocycles. The molecular formula is C13H16O2. The fourth-order valence-electron chi connectivity index (χ4n) is 1.59. The Morgan fingerprint density at radius 3 is 2.73 bits per heavy atom. The van der Waals surface area contributed by atoms with Gasteiger partial charge in [0.1, 0.15) is 6.29 Å². The topological polar surface area (TPSA) is 26.3 Å². The monoisotopic (exact) mass is 204 g/mol. The molecule has 1 aliphatic rings. The highest BCUT2D eigenvalue weighted by atomic mass is 16.5. The highest BCUT2D eigenvalue weighted by Gasteiger charge is 2.42. The van der Waals surface area contributed by atoms with Gasteiger partial charge in [0.05, 0.1) is 13.2 Å². The van der Waals surface area contributed by atoms with Gasteiger partial charge in [0.2, 0.25) is 0 Å². The zero-order valence-corrected chi connectivity index (χ0v) is 9.03. The number of rotatable bonds is 5. The van der Waals surface area contributed by atoms with Gasteiger partial charge in [-0.25, -0.2) is 0 Å². The van der Waals surface area contributed by atoms with E-state index in [-0.39, 0.29) is 5.41 Å². The van der Waals surface area contributed by atoms with Gasteiger partial charge in [-0.3, -0.25) is 0 Å². The SMILES string of the molecule is Cc1ccccc1COCC1(C=O)CC1. The summed E-state index contributed by atoms with van der Waals surface area (Å²) in [6.07, 6.45) is 3.03. The Hall–Kier alpha value is -1.15. The van der Waals surface area contributed by atoms with Crippen molar-refractivity contribution < 1.29 is 9.53 Å². The minimum absolute atomic E-state index is 0.136. The van der Waals surface area contributed by atoms with Crippen molar-refractivity contribution in [2.75, 3.05) is 6.61 Å². The maximum Gasteiger partial charge on any atom is 0.128 e. The standard InChI is InChI=1S/C13H16O2/c1-11-4-2-3-5-12(11)8-15-10-13(9-14)6-7-13/h2-5,9H,6-8,10H2,1H3. The molecule has 0 heterocycles. The average molecular weight is 204 g/mol. The molecule has 1 fully saturated rings. The molecule has 0 N–H and O–H groups in total. The van der Waals surface area contributed by atoms with Crippen LogP contribution in [0.3, 0.4) is 0 Å². The highest BCUT2D eigenvalue weighted by molar-refractivity contribution is 5.63. The summed E-state index contributed by atoms with van der Waals surface area (Å²) in [5.41, 5.74) is 2.32. The highest BCUT2D eigenvalue weighted by Crippen LogP contribution is 2.43. The Bertz CT molecular complexity index is 353. The fraction of sp³-hybridized carbons (Fsp3) is 0.462. The lowest BCUT2D eigenvalue weighted by Crippen LogP contribution is -2.11. The lowest BCUT2D eigenvalue weighted by molar-refractivity contribution is -0.114. The van der Waals surface area contributed by atoms with E-state index >= 15 is 0 Å². The van der Waals surface area contributed by atoms with E-state index < -0.39 is 0 Å². The van der Waals surface area contributed by atoms with Crippen LogP contribution in [0.4, 0.5) is 0 Å². The first-order chi connectivity index (χ1) is 7.26. The van der Waals surface area contributed by atoms with Gasteiger partial charge < -0.3 is 9.53 Å². The fourth-order valence-corrected chi connectivity index (χ4v) is 1.59. The van der Waals surface area contributed by atoms with Crippen molar-refractivity contribution in [2.24, 2.45) is 5.41 Å². The van der Waals surface area contributed by atoms with Crippen LogP contribution in [0.2, 0.25) is 0 Å². The molecule has 0 spiro atoms. The van der Waals surface area contributed by atoms with Crippen LogP contribution in [-0.4, -0.2) is 12.9 Å². The van der Waals surface area contributed by atoms with E-state index in [1.165, 1.54) is 11.1 Å². The molecule has 1 aliphatic carbocycles. The summed E-state index contributed by atoms with van der Waals surface area (Å²) < 4.78 is 5.59. The molecule has 0 aliphatic heterocycles. The number of benzene rings is 1. The van der Waals surface area contributed by atoms with Crippen molar-refractivity contribution in [1.82, 2.24) is 0 Å². The Morgan fingerprint density at radius 2 is 2.13 bits per heavy atom. The first-order valence-electron chi connectivity index (χ1n) is 5.34. The summed E-state index contributed by atoms with van der Waals surface area (Å²) in [4.78, 5) is 10.7. The summed E-state index contributed by atoms with van der Waals surface area (Å²) in [6.45, 7) is 3.26. The number of carbonyl (C=O) groups is 1. The molecular weight excluding hydrogens is 188 g/mol. The number of carbonyl (C=O) groups excluding carboxylic acids is 1. The van der Waals surface area contributed by atoms with Gasteiger partial charge in [0, 0.05) is 5.41 Å². The Labute approximate surface area is 90.3 Å². The van der Waals surface area contributed by atoms with Gasteiger partial charge in [-0.1, -0.05) is 24.3 Å². The van der Waals surface area contributed by atoms with Gasteiger partial charge in [-0.05, 0) is 30.9 Å². The normalized spacial score (nSPS) is 17.4. The largest absolute Gasteiger partial charge is 0.376 e. The van der Waals surface area contributed by atoms with Gasteiger partial charge >= 0.3 is 0 Å². The quantitative estimate of drug-likeness (QED) is 0.689. The van der Waals surface area contributed by atoms with E-state index in [1.807, 2.05) is 12.1 Å². The van der Waals surface area contributed by atoms with Gasteiger partial charge in [0.25, 0.3) is 0 Å². The molecule has 2 nitrogen and oxygen atoms in total. The summed E-state index contributed by atoms with van der Waals surface area (Å²) in [6, 6.07) is 8.17. The van der Waals surface area contributed by atoms with Crippen LogP contribution in [0.25, 0.3) is 0 Å². The molecule has 1 saturated carbocycles. The van der Waals surface area contributed by atoms with Crippen molar-refractivity contribution in [3.05, 3.63) is 35.4 Å². The van der Waals surface area contributed by atoms with Crippen molar-refractivity contribution in [3.63, 3.8) is 0 Å². The second-order valence-electron chi connectivity index (χ2n) is 4.40. The van der Waals surface area contributed by atoms with Gasteiger partial charge in [-0.2, -0.15) is 0 Å². The van der Waals surface area contributed by atoms with E-state index in [9.17, 15) is 4.79 Å². The van der Waals surface area contributed by atoms with Crippen molar-refractivity contribution in [1.29, 1.82) is 0 Å². The number of hydrogen-bond acceptors (Lipinski definition) is 2. The molecule has 2 heteroatoms. The smallest absolute Gasteiger partial charge is 0.128 e. The third kappa shape index (κ3) is 2.45. The third-order valence-electron chi connectivity index (χ3n) is 3.05. The molecule has 0 atom stereocenters. The molecule has 0 amide bonds. The lowest BCUT2D eigenvalue weighted by Gasteiger charge is -2.09. The van der Waals surface area contributed by atoms with E-state index in [0.717, 1.165) is 19.1 Å². The average Bonchev–Trinajstić information content (AvgIpc) is 3.02.